The molecular formula is C25H29ClN4O4. The van der Waals surface area contributed by atoms with Crippen molar-refractivity contribution in [2.75, 3.05) is 38.6 Å². The van der Waals surface area contributed by atoms with Gasteiger partial charge in [-0.25, -0.2) is 4.79 Å². The van der Waals surface area contributed by atoms with Gasteiger partial charge in [-0.3, -0.25) is 9.59 Å². The van der Waals surface area contributed by atoms with Crippen LogP contribution in [0.5, 0.6) is 0 Å². The van der Waals surface area contributed by atoms with Crippen LogP contribution in [0.25, 0.3) is 0 Å². The molecule has 2 aromatic carbocycles. The van der Waals surface area contributed by atoms with Gasteiger partial charge < -0.3 is 25.2 Å². The number of hydrogen-bond donors (Lipinski definition) is 2. The molecule has 0 spiro atoms. The van der Waals surface area contributed by atoms with Crippen molar-refractivity contribution in [2.24, 2.45) is 5.92 Å². The van der Waals surface area contributed by atoms with Crippen molar-refractivity contribution in [3.8, 4) is 0 Å². The van der Waals surface area contributed by atoms with Crippen LogP contribution in [-0.2, 0) is 14.3 Å². The summed E-state index contributed by atoms with van der Waals surface area (Å²) in [6, 6.07) is 12.6. The molecule has 3 atom stereocenters. The third kappa shape index (κ3) is 5.03. The summed E-state index contributed by atoms with van der Waals surface area (Å²) in [5.41, 5.74) is 2.29. The number of nitrogens with zero attached hydrogens (tertiary/aromatic N) is 2. The number of carbonyl (C=O) groups is 3. The highest BCUT2D eigenvalue weighted by atomic mass is 35.5. The van der Waals surface area contributed by atoms with Crippen molar-refractivity contribution in [1.82, 2.24) is 15.1 Å². The third-order valence-corrected chi connectivity index (χ3v) is 6.64. The van der Waals surface area contributed by atoms with Gasteiger partial charge in [0.15, 0.2) is 0 Å². The Kier molecular flexibility index (Phi) is 7.38. The van der Waals surface area contributed by atoms with E-state index < -0.39 is 30.0 Å². The van der Waals surface area contributed by atoms with Crippen LogP contribution in [-0.4, -0.2) is 67.0 Å². The van der Waals surface area contributed by atoms with Gasteiger partial charge in [0.2, 0.25) is 5.91 Å². The summed E-state index contributed by atoms with van der Waals surface area (Å²) in [5.74, 6) is -1.27. The number of hydrogen-bond acceptors (Lipinski definition) is 5. The van der Waals surface area contributed by atoms with Gasteiger partial charge >= 0.3 is 12.0 Å². The lowest BCUT2D eigenvalue weighted by Crippen LogP contribution is -2.54. The molecular weight excluding hydrogens is 456 g/mol. The first-order chi connectivity index (χ1) is 16.4. The summed E-state index contributed by atoms with van der Waals surface area (Å²) in [6.45, 7) is 4.43. The molecule has 2 heterocycles. The van der Waals surface area contributed by atoms with Gasteiger partial charge in [-0.1, -0.05) is 47.5 Å². The standard InChI is InChI=1S/C25H29ClN4O4/c1-16-5-3-6-17(13-16)22-20(24(32)34-2)15-21(23(31)29-11-9-27-10-12-29)30(22)25(33)28-19-8-4-7-18(26)14-19/h3-8,13-14,20-22,27H,9-12,15H2,1-2H3,(H,28,33). The molecule has 2 aromatic rings. The lowest BCUT2D eigenvalue weighted by atomic mass is 9.92. The van der Waals surface area contributed by atoms with E-state index in [1.165, 1.54) is 12.0 Å². The van der Waals surface area contributed by atoms with Crippen LogP contribution in [0.4, 0.5) is 10.5 Å². The second-order valence-electron chi connectivity index (χ2n) is 8.66. The molecule has 2 N–H and O–H groups in total. The van der Waals surface area contributed by atoms with Crippen molar-refractivity contribution in [3.63, 3.8) is 0 Å². The number of amides is 3. The van der Waals surface area contributed by atoms with Crippen molar-refractivity contribution < 1.29 is 19.1 Å². The first-order valence-electron chi connectivity index (χ1n) is 11.4. The number of esters is 1. The van der Waals surface area contributed by atoms with Crippen LogP contribution < -0.4 is 10.6 Å². The number of halogens is 1. The number of likely N-dealkylation sites (tertiary alicyclic amines) is 1. The zero-order chi connectivity index (χ0) is 24.2. The third-order valence-electron chi connectivity index (χ3n) is 6.41. The lowest BCUT2D eigenvalue weighted by Gasteiger charge is -2.35. The average Bonchev–Trinajstić information content (AvgIpc) is 3.24. The van der Waals surface area contributed by atoms with Gasteiger partial charge in [0.1, 0.15) is 6.04 Å². The quantitative estimate of drug-likeness (QED) is 0.650. The molecule has 2 aliphatic heterocycles. The Balaban J connectivity index is 1.74. The number of carbonyl (C=O) groups excluding carboxylic acids is 3. The predicted molar refractivity (Wildman–Crippen MR) is 130 cm³/mol. The van der Waals surface area contributed by atoms with E-state index in [2.05, 4.69) is 10.6 Å². The maximum atomic E-state index is 13.7. The fraction of sp³-hybridized carbons (Fsp3) is 0.400. The minimum absolute atomic E-state index is 0.160. The molecule has 0 aliphatic carbocycles. The number of rotatable bonds is 4. The maximum absolute atomic E-state index is 13.7. The van der Waals surface area contributed by atoms with Crippen LogP contribution in [0.1, 0.15) is 23.6 Å². The molecule has 0 aromatic heterocycles. The first kappa shape index (κ1) is 24.0. The van der Waals surface area contributed by atoms with E-state index in [1.807, 2.05) is 31.2 Å². The fourth-order valence-electron chi connectivity index (χ4n) is 4.83. The molecule has 0 radical (unpaired) electrons. The molecule has 2 fully saturated rings. The Morgan fingerprint density at radius 1 is 1.09 bits per heavy atom. The Morgan fingerprint density at radius 2 is 1.82 bits per heavy atom. The van der Waals surface area contributed by atoms with Gasteiger partial charge in [0, 0.05) is 36.9 Å². The Morgan fingerprint density at radius 3 is 2.50 bits per heavy atom. The molecule has 8 nitrogen and oxygen atoms in total. The largest absolute Gasteiger partial charge is 0.469 e. The number of nitrogens with one attached hydrogen (secondary N) is 2. The second kappa shape index (κ2) is 10.4. The van der Waals surface area contributed by atoms with Crippen molar-refractivity contribution >= 4 is 35.2 Å². The molecule has 180 valence electrons. The summed E-state index contributed by atoms with van der Waals surface area (Å²) in [7, 11) is 1.33. The Bertz CT molecular complexity index is 1070. The highest BCUT2D eigenvalue weighted by Gasteiger charge is 2.52. The van der Waals surface area contributed by atoms with Crippen LogP contribution in [0.15, 0.2) is 48.5 Å². The Hall–Kier alpha value is -3.10. The van der Waals surface area contributed by atoms with Gasteiger partial charge in [0.25, 0.3) is 0 Å². The number of piperazine rings is 1. The van der Waals surface area contributed by atoms with Crippen molar-refractivity contribution in [1.29, 1.82) is 0 Å². The normalized spacial score (nSPS) is 22.4. The molecule has 0 saturated carbocycles. The van der Waals surface area contributed by atoms with Gasteiger partial charge in [-0.15, -0.1) is 0 Å². The van der Waals surface area contributed by atoms with Gasteiger partial charge in [0.05, 0.1) is 19.1 Å². The smallest absolute Gasteiger partial charge is 0.323 e. The molecule has 3 amide bonds. The van der Waals surface area contributed by atoms with E-state index in [1.54, 1.807) is 29.2 Å². The lowest BCUT2D eigenvalue weighted by molar-refractivity contribution is -0.146. The molecule has 2 saturated heterocycles. The number of aryl methyl sites for hydroxylation is 1. The average molecular weight is 485 g/mol. The van der Waals surface area contributed by atoms with Crippen LogP contribution in [0.3, 0.4) is 0 Å². The van der Waals surface area contributed by atoms with E-state index in [4.69, 9.17) is 16.3 Å². The van der Waals surface area contributed by atoms with Crippen molar-refractivity contribution in [2.45, 2.75) is 25.4 Å². The summed E-state index contributed by atoms with van der Waals surface area (Å²) >= 11 is 6.10. The van der Waals surface area contributed by atoms with E-state index in [9.17, 15) is 14.4 Å². The van der Waals surface area contributed by atoms with E-state index in [0.29, 0.717) is 36.9 Å². The summed E-state index contributed by atoms with van der Waals surface area (Å²) < 4.78 is 5.10. The minimum atomic E-state index is -0.799. The number of benzene rings is 2. The maximum Gasteiger partial charge on any atom is 0.323 e. The van der Waals surface area contributed by atoms with Crippen LogP contribution in [0, 0.1) is 12.8 Å². The molecule has 0 bridgehead atoms. The van der Waals surface area contributed by atoms with Gasteiger partial charge in [-0.05, 0) is 37.1 Å². The zero-order valence-electron chi connectivity index (χ0n) is 19.3. The molecule has 9 heteroatoms. The first-order valence-corrected chi connectivity index (χ1v) is 11.8. The fourth-order valence-corrected chi connectivity index (χ4v) is 5.02. The SMILES string of the molecule is COC(=O)C1CC(C(=O)N2CCNCC2)N(C(=O)Nc2cccc(Cl)c2)C1c1cccc(C)c1. The molecule has 2 aliphatic rings. The predicted octanol–water partition coefficient (Wildman–Crippen LogP) is 3.22. The van der Waals surface area contributed by atoms with Crippen LogP contribution >= 0.6 is 11.6 Å². The number of anilines is 1. The summed E-state index contributed by atoms with van der Waals surface area (Å²) in [6.07, 6.45) is 0.191. The monoisotopic (exact) mass is 484 g/mol. The number of ether oxygens (including phenoxy) is 1. The number of methoxy groups -OCH3 is 1. The van der Waals surface area contributed by atoms with E-state index in [-0.39, 0.29) is 12.3 Å². The zero-order valence-corrected chi connectivity index (χ0v) is 20.0. The molecule has 34 heavy (non-hydrogen) atoms. The van der Waals surface area contributed by atoms with Crippen molar-refractivity contribution in [3.05, 3.63) is 64.7 Å². The van der Waals surface area contributed by atoms with Gasteiger partial charge in [-0.2, -0.15) is 0 Å². The topological polar surface area (TPSA) is 91.0 Å². The minimum Gasteiger partial charge on any atom is -0.469 e. The van der Waals surface area contributed by atoms with E-state index >= 15 is 0 Å². The molecule has 3 unspecified atom stereocenters. The molecule has 4 rings (SSSR count). The Labute approximate surface area is 204 Å². The van der Waals surface area contributed by atoms with Crippen LogP contribution in [0.2, 0.25) is 5.02 Å². The number of urea groups is 1. The summed E-state index contributed by atoms with van der Waals surface area (Å²) in [5, 5.41) is 6.59. The second-order valence-corrected chi connectivity index (χ2v) is 9.10. The van der Waals surface area contributed by atoms with E-state index in [0.717, 1.165) is 11.1 Å². The highest BCUT2D eigenvalue weighted by molar-refractivity contribution is 6.30. The highest BCUT2D eigenvalue weighted by Crippen LogP contribution is 2.43. The summed E-state index contributed by atoms with van der Waals surface area (Å²) in [4.78, 5) is 43.4.